The Morgan fingerprint density at radius 2 is 2.12 bits per heavy atom. The van der Waals surface area contributed by atoms with Gasteiger partial charge in [-0.1, -0.05) is 13.8 Å². The summed E-state index contributed by atoms with van der Waals surface area (Å²) in [7, 11) is 1.69. The van der Waals surface area contributed by atoms with Crippen LogP contribution in [0.25, 0.3) is 0 Å². The number of rotatable bonds is 4. The summed E-state index contributed by atoms with van der Waals surface area (Å²) in [4.78, 5) is 22.5. The highest BCUT2D eigenvalue weighted by molar-refractivity contribution is 5.94. The average Bonchev–Trinajstić information content (AvgIpc) is 2.59. The second kappa shape index (κ2) is 4.78. The van der Waals surface area contributed by atoms with Gasteiger partial charge in [-0.2, -0.15) is 5.10 Å². The molecular formula is C10H15N3O3. The number of nitrogens with one attached hydrogen (secondary N) is 1. The van der Waals surface area contributed by atoms with Gasteiger partial charge >= 0.3 is 5.97 Å². The van der Waals surface area contributed by atoms with Crippen LogP contribution in [0.4, 0.5) is 0 Å². The molecule has 1 rings (SSSR count). The van der Waals surface area contributed by atoms with E-state index in [1.54, 1.807) is 27.1 Å². The lowest BCUT2D eigenvalue weighted by Gasteiger charge is -2.16. The molecular weight excluding hydrogens is 210 g/mol. The second-order valence-corrected chi connectivity index (χ2v) is 3.91. The molecule has 88 valence electrons. The molecule has 1 atom stereocenters. The molecule has 0 aliphatic rings. The van der Waals surface area contributed by atoms with Crippen LogP contribution in [-0.4, -0.2) is 32.8 Å². The molecule has 0 saturated heterocycles. The first-order valence-corrected chi connectivity index (χ1v) is 4.95. The number of hydrogen-bond donors (Lipinski definition) is 2. The third-order valence-corrected chi connectivity index (χ3v) is 2.17. The van der Waals surface area contributed by atoms with Crippen LogP contribution in [0.15, 0.2) is 12.3 Å². The van der Waals surface area contributed by atoms with Crippen LogP contribution in [0.5, 0.6) is 0 Å². The van der Waals surface area contributed by atoms with E-state index >= 15 is 0 Å². The van der Waals surface area contributed by atoms with E-state index in [-0.39, 0.29) is 11.6 Å². The van der Waals surface area contributed by atoms with Crippen molar-refractivity contribution in [3.05, 3.63) is 18.0 Å². The zero-order valence-electron chi connectivity index (χ0n) is 9.47. The summed E-state index contributed by atoms with van der Waals surface area (Å²) >= 11 is 0. The van der Waals surface area contributed by atoms with Crippen molar-refractivity contribution in [1.29, 1.82) is 0 Å². The van der Waals surface area contributed by atoms with Crippen molar-refractivity contribution < 1.29 is 14.7 Å². The van der Waals surface area contributed by atoms with Crippen molar-refractivity contribution in [1.82, 2.24) is 15.1 Å². The van der Waals surface area contributed by atoms with Crippen LogP contribution < -0.4 is 5.32 Å². The summed E-state index contributed by atoms with van der Waals surface area (Å²) in [6, 6.07) is 0.642. The molecule has 0 spiro atoms. The van der Waals surface area contributed by atoms with Crippen LogP contribution in [0.2, 0.25) is 0 Å². The normalized spacial score (nSPS) is 12.5. The first-order valence-electron chi connectivity index (χ1n) is 4.95. The molecule has 2 N–H and O–H groups in total. The van der Waals surface area contributed by atoms with E-state index in [9.17, 15) is 9.59 Å². The molecule has 6 heteroatoms. The third kappa shape index (κ3) is 2.82. The zero-order chi connectivity index (χ0) is 12.3. The number of aliphatic carboxylic acids is 1. The molecule has 0 fully saturated rings. The molecule has 0 unspecified atom stereocenters. The Labute approximate surface area is 93.3 Å². The molecule has 1 aromatic heterocycles. The average molecular weight is 225 g/mol. The minimum absolute atomic E-state index is 0.176. The number of nitrogens with zero attached hydrogens (tertiary/aromatic N) is 2. The Bertz CT molecular complexity index is 398. The first-order chi connectivity index (χ1) is 7.41. The lowest BCUT2D eigenvalue weighted by molar-refractivity contribution is -0.140. The highest BCUT2D eigenvalue weighted by Gasteiger charge is 2.24. The smallest absolute Gasteiger partial charge is 0.326 e. The predicted octanol–water partition coefficient (Wildman–Crippen LogP) is 0.259. The Balaban J connectivity index is 2.73. The summed E-state index contributed by atoms with van der Waals surface area (Å²) in [5.74, 6) is -1.69. The largest absolute Gasteiger partial charge is 0.480 e. The van der Waals surface area contributed by atoms with Crippen LogP contribution in [-0.2, 0) is 11.8 Å². The van der Waals surface area contributed by atoms with Crippen molar-refractivity contribution in [2.24, 2.45) is 13.0 Å². The minimum atomic E-state index is -1.04. The van der Waals surface area contributed by atoms with E-state index in [1.807, 2.05) is 0 Å². The summed E-state index contributed by atoms with van der Waals surface area (Å²) in [5.41, 5.74) is 0.217. The van der Waals surface area contributed by atoms with E-state index in [0.717, 1.165) is 0 Å². The Hall–Kier alpha value is -1.85. The third-order valence-electron chi connectivity index (χ3n) is 2.17. The molecule has 1 heterocycles. The van der Waals surface area contributed by atoms with Crippen molar-refractivity contribution in [2.45, 2.75) is 19.9 Å². The van der Waals surface area contributed by atoms with Gasteiger partial charge in [0.25, 0.3) is 5.91 Å². The summed E-state index contributed by atoms with van der Waals surface area (Å²) in [6.45, 7) is 3.47. The summed E-state index contributed by atoms with van der Waals surface area (Å²) in [6.07, 6.45) is 1.63. The van der Waals surface area contributed by atoms with Gasteiger partial charge in [-0.05, 0) is 12.0 Å². The number of aromatic nitrogens is 2. The molecule has 16 heavy (non-hydrogen) atoms. The maximum Gasteiger partial charge on any atom is 0.326 e. The summed E-state index contributed by atoms with van der Waals surface area (Å²) in [5, 5.41) is 15.2. The molecule has 0 aromatic carbocycles. The SMILES string of the molecule is CC(C)[C@@H](NC(=O)c1ccn(C)n1)C(=O)O. The topological polar surface area (TPSA) is 84.2 Å². The molecule has 1 amide bonds. The molecule has 0 saturated carbocycles. The van der Waals surface area contributed by atoms with E-state index < -0.39 is 17.9 Å². The molecule has 0 bridgehead atoms. The van der Waals surface area contributed by atoms with E-state index in [2.05, 4.69) is 10.4 Å². The van der Waals surface area contributed by atoms with Crippen LogP contribution in [0.1, 0.15) is 24.3 Å². The number of amides is 1. The van der Waals surface area contributed by atoms with Gasteiger partial charge < -0.3 is 10.4 Å². The van der Waals surface area contributed by atoms with Crippen molar-refractivity contribution in [3.8, 4) is 0 Å². The molecule has 0 aliphatic heterocycles. The number of carbonyl (C=O) groups excluding carboxylic acids is 1. The fourth-order valence-corrected chi connectivity index (χ4v) is 1.26. The summed E-state index contributed by atoms with van der Waals surface area (Å²) < 4.78 is 1.49. The van der Waals surface area contributed by atoms with Gasteiger partial charge in [-0.15, -0.1) is 0 Å². The highest BCUT2D eigenvalue weighted by atomic mass is 16.4. The predicted molar refractivity (Wildman–Crippen MR) is 56.9 cm³/mol. The maximum atomic E-state index is 11.6. The number of carbonyl (C=O) groups is 2. The van der Waals surface area contributed by atoms with Gasteiger partial charge in [0.2, 0.25) is 0 Å². The van der Waals surface area contributed by atoms with Crippen molar-refractivity contribution in [2.75, 3.05) is 0 Å². The Morgan fingerprint density at radius 1 is 1.50 bits per heavy atom. The molecule has 0 aliphatic carbocycles. The monoisotopic (exact) mass is 225 g/mol. The van der Waals surface area contributed by atoms with E-state index in [0.29, 0.717) is 0 Å². The van der Waals surface area contributed by atoms with Gasteiger partial charge in [0.15, 0.2) is 0 Å². The van der Waals surface area contributed by atoms with Gasteiger partial charge in [-0.25, -0.2) is 4.79 Å². The number of hydrogen-bond acceptors (Lipinski definition) is 3. The van der Waals surface area contributed by atoms with Crippen LogP contribution in [0.3, 0.4) is 0 Å². The van der Waals surface area contributed by atoms with Gasteiger partial charge in [-0.3, -0.25) is 9.48 Å². The van der Waals surface area contributed by atoms with Crippen molar-refractivity contribution >= 4 is 11.9 Å². The van der Waals surface area contributed by atoms with Crippen LogP contribution in [0, 0.1) is 5.92 Å². The zero-order valence-corrected chi connectivity index (χ0v) is 9.47. The van der Waals surface area contributed by atoms with Gasteiger partial charge in [0, 0.05) is 13.2 Å². The fourth-order valence-electron chi connectivity index (χ4n) is 1.26. The van der Waals surface area contributed by atoms with E-state index in [1.165, 1.54) is 10.7 Å². The Morgan fingerprint density at radius 3 is 2.50 bits per heavy atom. The molecule has 6 nitrogen and oxygen atoms in total. The quantitative estimate of drug-likeness (QED) is 0.769. The standard InChI is InChI=1S/C10H15N3O3/c1-6(2)8(10(15)16)11-9(14)7-4-5-13(3)12-7/h4-6,8H,1-3H3,(H,11,14)(H,15,16)/t8-/m1/s1. The minimum Gasteiger partial charge on any atom is -0.480 e. The lowest BCUT2D eigenvalue weighted by Crippen LogP contribution is -2.44. The van der Waals surface area contributed by atoms with Gasteiger partial charge in [0.05, 0.1) is 0 Å². The first kappa shape index (κ1) is 12.2. The number of aryl methyl sites for hydroxylation is 1. The highest BCUT2D eigenvalue weighted by Crippen LogP contribution is 2.03. The number of carboxylic acid groups (broad SMARTS) is 1. The van der Waals surface area contributed by atoms with Gasteiger partial charge in [0.1, 0.15) is 11.7 Å². The number of carboxylic acids is 1. The molecule has 0 radical (unpaired) electrons. The Kier molecular flexibility index (Phi) is 3.65. The van der Waals surface area contributed by atoms with E-state index in [4.69, 9.17) is 5.11 Å². The lowest BCUT2D eigenvalue weighted by atomic mass is 10.0. The fraction of sp³-hybridized carbons (Fsp3) is 0.500. The van der Waals surface area contributed by atoms with Crippen LogP contribution >= 0.6 is 0 Å². The van der Waals surface area contributed by atoms with Crippen molar-refractivity contribution in [3.63, 3.8) is 0 Å². The maximum absolute atomic E-state index is 11.6. The molecule has 1 aromatic rings. The second-order valence-electron chi connectivity index (χ2n) is 3.91.